The van der Waals surface area contributed by atoms with Gasteiger partial charge in [-0.1, -0.05) is 6.07 Å². The van der Waals surface area contributed by atoms with E-state index in [0.717, 1.165) is 33.4 Å². The van der Waals surface area contributed by atoms with Crippen LogP contribution in [-0.4, -0.2) is 19.5 Å². The van der Waals surface area contributed by atoms with Crippen molar-refractivity contribution >= 4 is 22.5 Å². The average Bonchev–Trinajstić information content (AvgIpc) is 3.10. The first kappa shape index (κ1) is 17.7. The van der Waals surface area contributed by atoms with Crippen molar-refractivity contribution in [3.63, 3.8) is 0 Å². The van der Waals surface area contributed by atoms with Crippen LogP contribution >= 0.6 is 0 Å². The molecular formula is C22H20N6. The molecule has 3 aromatic heterocycles. The normalized spacial score (nSPS) is 11.0. The number of nitrogens with zero attached hydrogens (tertiary/aromatic N) is 5. The van der Waals surface area contributed by atoms with Crippen LogP contribution in [0.2, 0.25) is 0 Å². The van der Waals surface area contributed by atoms with E-state index in [4.69, 9.17) is 10.2 Å². The van der Waals surface area contributed by atoms with Crippen molar-refractivity contribution in [2.45, 2.75) is 26.8 Å². The molecule has 0 saturated heterocycles. The molecule has 6 heteroatoms. The van der Waals surface area contributed by atoms with Crippen LogP contribution in [-0.2, 0) is 0 Å². The van der Waals surface area contributed by atoms with E-state index in [2.05, 4.69) is 46.0 Å². The van der Waals surface area contributed by atoms with E-state index in [1.807, 2.05) is 37.4 Å². The highest BCUT2D eigenvalue weighted by atomic mass is 15.1. The monoisotopic (exact) mass is 368 g/mol. The summed E-state index contributed by atoms with van der Waals surface area (Å²) < 4.78 is 2.20. The summed E-state index contributed by atoms with van der Waals surface area (Å²) in [4.78, 5) is 13.3. The predicted octanol–water partition coefficient (Wildman–Crippen LogP) is 5.00. The molecule has 138 valence electrons. The molecule has 1 N–H and O–H groups in total. The van der Waals surface area contributed by atoms with Gasteiger partial charge in [0, 0.05) is 41.3 Å². The van der Waals surface area contributed by atoms with E-state index in [-0.39, 0.29) is 0 Å². The van der Waals surface area contributed by atoms with Gasteiger partial charge in [-0.2, -0.15) is 5.26 Å². The van der Waals surface area contributed by atoms with E-state index >= 15 is 0 Å². The fourth-order valence-corrected chi connectivity index (χ4v) is 3.24. The number of nitrogens with one attached hydrogen (secondary N) is 1. The Morgan fingerprint density at radius 3 is 2.79 bits per heavy atom. The number of nitriles is 1. The molecule has 0 saturated carbocycles. The molecule has 4 aromatic rings. The lowest BCUT2D eigenvalue weighted by atomic mass is 10.1. The number of aryl methyl sites for hydroxylation is 1. The first-order chi connectivity index (χ1) is 13.6. The zero-order valence-corrected chi connectivity index (χ0v) is 16.0. The van der Waals surface area contributed by atoms with E-state index in [0.29, 0.717) is 17.6 Å². The van der Waals surface area contributed by atoms with Crippen LogP contribution in [0.25, 0.3) is 22.2 Å². The standard InChI is InChI=1S/C22H20N6/c1-14(2)28-13-18(17-6-8-24-12-21(17)28)19-7-9-25-22(26-19)27-20-10-16(11-23)5-4-15(20)3/h4-10,12-14H,1-3H3,(H,25,26,27). The molecule has 3 heterocycles. The number of fused-ring (bicyclic) bond motifs is 1. The zero-order chi connectivity index (χ0) is 19.7. The third-order valence-electron chi connectivity index (χ3n) is 4.74. The molecule has 0 aliphatic rings. The van der Waals surface area contributed by atoms with Gasteiger partial charge in [0.1, 0.15) is 0 Å². The first-order valence-electron chi connectivity index (χ1n) is 9.12. The van der Waals surface area contributed by atoms with Crippen LogP contribution < -0.4 is 5.32 Å². The topological polar surface area (TPSA) is 79.4 Å². The average molecular weight is 368 g/mol. The smallest absolute Gasteiger partial charge is 0.227 e. The fraction of sp³-hybridized carbons (Fsp3) is 0.182. The summed E-state index contributed by atoms with van der Waals surface area (Å²) in [6.45, 7) is 6.28. The minimum Gasteiger partial charge on any atom is -0.343 e. The Morgan fingerprint density at radius 1 is 1.14 bits per heavy atom. The van der Waals surface area contributed by atoms with Gasteiger partial charge in [0.15, 0.2) is 0 Å². The molecular weight excluding hydrogens is 348 g/mol. The Hall–Kier alpha value is -3.72. The van der Waals surface area contributed by atoms with E-state index in [1.165, 1.54) is 0 Å². The minimum absolute atomic E-state index is 0.316. The Morgan fingerprint density at radius 2 is 2.00 bits per heavy atom. The Bertz CT molecular complexity index is 1200. The summed E-state index contributed by atoms with van der Waals surface area (Å²) in [6.07, 6.45) is 7.54. The lowest BCUT2D eigenvalue weighted by Gasteiger charge is -2.09. The molecule has 0 unspecified atom stereocenters. The van der Waals surface area contributed by atoms with Gasteiger partial charge in [-0.3, -0.25) is 4.98 Å². The van der Waals surface area contributed by atoms with Crippen LogP contribution in [0.5, 0.6) is 0 Å². The summed E-state index contributed by atoms with van der Waals surface area (Å²) in [5.41, 5.74) is 5.40. The quantitative estimate of drug-likeness (QED) is 0.548. The second kappa shape index (κ2) is 7.12. The van der Waals surface area contributed by atoms with Gasteiger partial charge in [-0.15, -0.1) is 0 Å². The van der Waals surface area contributed by atoms with E-state index in [9.17, 15) is 0 Å². The van der Waals surface area contributed by atoms with Gasteiger partial charge in [0.05, 0.1) is 29.0 Å². The predicted molar refractivity (Wildman–Crippen MR) is 110 cm³/mol. The van der Waals surface area contributed by atoms with Crippen LogP contribution in [0.15, 0.2) is 55.1 Å². The number of aromatic nitrogens is 4. The summed E-state index contributed by atoms with van der Waals surface area (Å²) in [6, 6.07) is 11.9. The molecule has 4 rings (SSSR count). The van der Waals surface area contributed by atoms with Gasteiger partial charge in [-0.25, -0.2) is 9.97 Å². The molecule has 0 aliphatic carbocycles. The van der Waals surface area contributed by atoms with Crippen molar-refractivity contribution in [2.24, 2.45) is 0 Å². The van der Waals surface area contributed by atoms with Crippen LogP contribution in [0.4, 0.5) is 11.6 Å². The molecule has 0 aliphatic heterocycles. The summed E-state index contributed by atoms with van der Waals surface area (Å²) in [5.74, 6) is 0.496. The number of rotatable bonds is 4. The minimum atomic E-state index is 0.316. The largest absolute Gasteiger partial charge is 0.343 e. The van der Waals surface area contributed by atoms with E-state index in [1.54, 1.807) is 18.5 Å². The Balaban J connectivity index is 1.77. The molecule has 0 radical (unpaired) electrons. The lowest BCUT2D eigenvalue weighted by molar-refractivity contribution is 0.622. The van der Waals surface area contributed by atoms with Crippen molar-refractivity contribution < 1.29 is 0 Å². The molecule has 0 spiro atoms. The highest BCUT2D eigenvalue weighted by molar-refractivity contribution is 5.94. The van der Waals surface area contributed by atoms with Gasteiger partial charge < -0.3 is 9.88 Å². The number of hydrogen-bond acceptors (Lipinski definition) is 5. The number of benzene rings is 1. The molecule has 1 aromatic carbocycles. The number of anilines is 2. The number of pyridine rings is 1. The Labute approximate surface area is 163 Å². The fourth-order valence-electron chi connectivity index (χ4n) is 3.24. The zero-order valence-electron chi connectivity index (χ0n) is 16.0. The summed E-state index contributed by atoms with van der Waals surface area (Å²) >= 11 is 0. The third-order valence-corrected chi connectivity index (χ3v) is 4.74. The highest BCUT2D eigenvalue weighted by Crippen LogP contribution is 2.31. The maximum absolute atomic E-state index is 9.14. The maximum Gasteiger partial charge on any atom is 0.227 e. The van der Waals surface area contributed by atoms with Crippen molar-refractivity contribution in [3.05, 3.63) is 66.2 Å². The van der Waals surface area contributed by atoms with Crippen molar-refractivity contribution in [1.29, 1.82) is 5.26 Å². The molecule has 0 atom stereocenters. The first-order valence-corrected chi connectivity index (χ1v) is 9.12. The SMILES string of the molecule is Cc1ccc(C#N)cc1Nc1nccc(-c2cn(C(C)C)c3cnccc23)n1. The van der Waals surface area contributed by atoms with Gasteiger partial charge in [0.2, 0.25) is 5.95 Å². The highest BCUT2D eigenvalue weighted by Gasteiger charge is 2.14. The van der Waals surface area contributed by atoms with Crippen LogP contribution in [0.1, 0.15) is 31.0 Å². The van der Waals surface area contributed by atoms with Crippen molar-refractivity contribution in [2.75, 3.05) is 5.32 Å². The van der Waals surface area contributed by atoms with Gasteiger partial charge in [-0.05, 0) is 50.6 Å². The van der Waals surface area contributed by atoms with Crippen LogP contribution in [0, 0.1) is 18.3 Å². The second-order valence-electron chi connectivity index (χ2n) is 6.97. The van der Waals surface area contributed by atoms with Crippen molar-refractivity contribution in [3.8, 4) is 17.3 Å². The molecule has 0 fully saturated rings. The van der Waals surface area contributed by atoms with E-state index < -0.39 is 0 Å². The second-order valence-corrected chi connectivity index (χ2v) is 6.97. The maximum atomic E-state index is 9.14. The van der Waals surface area contributed by atoms with Crippen molar-refractivity contribution in [1.82, 2.24) is 19.5 Å². The van der Waals surface area contributed by atoms with Crippen LogP contribution in [0.3, 0.4) is 0 Å². The summed E-state index contributed by atoms with van der Waals surface area (Å²) in [5, 5.41) is 13.5. The molecule has 6 nitrogen and oxygen atoms in total. The molecule has 28 heavy (non-hydrogen) atoms. The number of hydrogen-bond donors (Lipinski definition) is 1. The molecule has 0 amide bonds. The van der Waals surface area contributed by atoms with Gasteiger partial charge >= 0.3 is 0 Å². The summed E-state index contributed by atoms with van der Waals surface area (Å²) in [7, 11) is 0. The molecule has 0 bridgehead atoms. The Kier molecular flexibility index (Phi) is 4.50. The third kappa shape index (κ3) is 3.19. The van der Waals surface area contributed by atoms with Gasteiger partial charge in [0.25, 0.3) is 0 Å². The lowest BCUT2D eigenvalue weighted by Crippen LogP contribution is -2.00.